The summed E-state index contributed by atoms with van der Waals surface area (Å²) < 4.78 is 0. The molecule has 0 aromatic heterocycles. The first-order valence-corrected chi connectivity index (χ1v) is 6.57. The number of nitriles is 1. The van der Waals surface area contributed by atoms with Gasteiger partial charge in [-0.1, -0.05) is 13.8 Å². The van der Waals surface area contributed by atoms with Crippen molar-refractivity contribution in [2.75, 3.05) is 13.1 Å². The monoisotopic (exact) mass is 234 g/mol. The molecule has 0 N–H and O–H groups in total. The summed E-state index contributed by atoms with van der Waals surface area (Å²) >= 11 is 0. The summed E-state index contributed by atoms with van der Waals surface area (Å²) in [5.74, 6) is 2.82. The first-order chi connectivity index (χ1) is 7.86. The zero-order chi connectivity index (χ0) is 12.8. The lowest BCUT2D eigenvalue weighted by molar-refractivity contribution is -0.136. The van der Waals surface area contributed by atoms with E-state index in [2.05, 4.69) is 19.9 Å². The molecule has 0 unspecified atom stereocenters. The number of fused-ring (bicyclic) bond motifs is 1. The van der Waals surface area contributed by atoms with E-state index in [1.807, 2.05) is 4.90 Å². The second-order valence-corrected chi connectivity index (χ2v) is 6.44. The van der Waals surface area contributed by atoms with Crippen LogP contribution in [0.2, 0.25) is 0 Å². The first kappa shape index (κ1) is 12.4. The summed E-state index contributed by atoms with van der Waals surface area (Å²) in [6.45, 7) is 9.78. The molecule has 0 radical (unpaired) electrons. The van der Waals surface area contributed by atoms with Gasteiger partial charge in [0.2, 0.25) is 5.91 Å². The largest absolute Gasteiger partial charge is 0.341 e. The lowest BCUT2D eigenvalue weighted by Gasteiger charge is -2.26. The standard InChI is InChI=1S/C14H22N2O/c1-9-5-11-6-16(7-12(11)10(9)2)13(17)14(3,4)8-15/h9-12H,5-7H2,1-4H3/t9-,10+,11-,12-/m1/s1. The Kier molecular flexibility index (Phi) is 2.93. The number of likely N-dealkylation sites (tertiary alicyclic amines) is 1. The van der Waals surface area contributed by atoms with Crippen molar-refractivity contribution in [1.29, 1.82) is 5.26 Å². The molecule has 0 aromatic carbocycles. The van der Waals surface area contributed by atoms with Gasteiger partial charge in [0.25, 0.3) is 0 Å². The van der Waals surface area contributed by atoms with E-state index in [0.717, 1.165) is 19.0 Å². The van der Waals surface area contributed by atoms with Gasteiger partial charge in [0.05, 0.1) is 6.07 Å². The van der Waals surface area contributed by atoms with Crippen LogP contribution in [0.4, 0.5) is 0 Å². The van der Waals surface area contributed by atoms with Crippen molar-refractivity contribution in [2.45, 2.75) is 34.1 Å². The third-order valence-electron chi connectivity index (χ3n) is 4.84. The van der Waals surface area contributed by atoms with Gasteiger partial charge < -0.3 is 4.90 Å². The number of rotatable bonds is 1. The van der Waals surface area contributed by atoms with Crippen LogP contribution in [0.3, 0.4) is 0 Å². The SMILES string of the molecule is C[C@@H]1[C@H]2CN(C(=O)C(C)(C)C#N)C[C@H]2C[C@H]1C. The Bertz CT molecular complexity index is 369. The average Bonchev–Trinajstić information content (AvgIpc) is 2.79. The van der Waals surface area contributed by atoms with Crippen LogP contribution in [0.1, 0.15) is 34.1 Å². The molecule has 0 spiro atoms. The molecule has 2 aliphatic rings. The number of carbonyl (C=O) groups excluding carboxylic acids is 1. The number of nitrogens with zero attached hydrogens (tertiary/aromatic N) is 2. The maximum atomic E-state index is 12.2. The number of hydrogen-bond acceptors (Lipinski definition) is 2. The summed E-state index contributed by atoms with van der Waals surface area (Å²) in [6.07, 6.45) is 1.24. The fourth-order valence-electron chi connectivity index (χ4n) is 3.46. The average molecular weight is 234 g/mol. The van der Waals surface area contributed by atoms with Crippen LogP contribution in [-0.2, 0) is 4.79 Å². The van der Waals surface area contributed by atoms with Gasteiger partial charge in [-0.25, -0.2) is 0 Å². The maximum Gasteiger partial charge on any atom is 0.242 e. The van der Waals surface area contributed by atoms with Crippen molar-refractivity contribution >= 4 is 5.91 Å². The van der Waals surface area contributed by atoms with Crippen LogP contribution < -0.4 is 0 Å². The Labute approximate surface area is 104 Å². The lowest BCUT2D eigenvalue weighted by Crippen LogP contribution is -2.39. The van der Waals surface area contributed by atoms with Crippen LogP contribution >= 0.6 is 0 Å². The van der Waals surface area contributed by atoms with E-state index in [-0.39, 0.29) is 5.91 Å². The van der Waals surface area contributed by atoms with E-state index in [4.69, 9.17) is 5.26 Å². The molecule has 1 saturated carbocycles. The molecular formula is C14H22N2O. The zero-order valence-electron chi connectivity index (χ0n) is 11.2. The Balaban J connectivity index is 2.06. The van der Waals surface area contributed by atoms with Crippen molar-refractivity contribution < 1.29 is 4.79 Å². The predicted octanol–water partition coefficient (Wildman–Crippen LogP) is 2.29. The minimum absolute atomic E-state index is 0.00857. The van der Waals surface area contributed by atoms with E-state index in [9.17, 15) is 4.79 Å². The molecule has 1 heterocycles. The van der Waals surface area contributed by atoms with Crippen LogP contribution in [0.5, 0.6) is 0 Å². The van der Waals surface area contributed by atoms with Crippen LogP contribution in [0, 0.1) is 40.4 Å². The second kappa shape index (κ2) is 4.01. The highest BCUT2D eigenvalue weighted by atomic mass is 16.2. The van der Waals surface area contributed by atoms with Crippen LogP contribution in [-0.4, -0.2) is 23.9 Å². The predicted molar refractivity (Wildman–Crippen MR) is 65.9 cm³/mol. The molecule has 2 fully saturated rings. The molecule has 1 aliphatic heterocycles. The molecule has 0 aromatic rings. The summed E-state index contributed by atoms with van der Waals surface area (Å²) in [4.78, 5) is 14.1. The summed E-state index contributed by atoms with van der Waals surface area (Å²) in [5, 5.41) is 9.02. The Morgan fingerprint density at radius 2 is 2.00 bits per heavy atom. The number of carbonyl (C=O) groups is 1. The van der Waals surface area contributed by atoms with E-state index in [0.29, 0.717) is 17.8 Å². The molecular weight excluding hydrogens is 212 g/mol. The van der Waals surface area contributed by atoms with Crippen molar-refractivity contribution in [1.82, 2.24) is 4.90 Å². The minimum atomic E-state index is -0.868. The summed E-state index contributed by atoms with van der Waals surface area (Å²) in [6, 6.07) is 2.11. The van der Waals surface area contributed by atoms with Crippen LogP contribution in [0.25, 0.3) is 0 Å². The third kappa shape index (κ3) is 1.94. The molecule has 4 atom stereocenters. The van der Waals surface area contributed by atoms with Gasteiger partial charge >= 0.3 is 0 Å². The molecule has 1 saturated heterocycles. The highest BCUT2D eigenvalue weighted by Gasteiger charge is 2.47. The third-order valence-corrected chi connectivity index (χ3v) is 4.84. The highest BCUT2D eigenvalue weighted by Crippen LogP contribution is 2.46. The smallest absolute Gasteiger partial charge is 0.242 e. The van der Waals surface area contributed by atoms with Crippen molar-refractivity contribution in [3.8, 4) is 6.07 Å². The minimum Gasteiger partial charge on any atom is -0.341 e. The number of hydrogen-bond donors (Lipinski definition) is 0. The van der Waals surface area contributed by atoms with Gasteiger partial charge in [-0.2, -0.15) is 5.26 Å². The molecule has 1 amide bonds. The summed E-state index contributed by atoms with van der Waals surface area (Å²) in [7, 11) is 0. The molecule has 94 valence electrons. The van der Waals surface area contributed by atoms with E-state index >= 15 is 0 Å². The molecule has 0 bridgehead atoms. The van der Waals surface area contributed by atoms with Gasteiger partial charge in [0.1, 0.15) is 5.41 Å². The Morgan fingerprint density at radius 3 is 2.53 bits per heavy atom. The van der Waals surface area contributed by atoms with Gasteiger partial charge in [0.15, 0.2) is 0 Å². The van der Waals surface area contributed by atoms with Gasteiger partial charge in [-0.3, -0.25) is 4.79 Å². The van der Waals surface area contributed by atoms with Crippen molar-refractivity contribution in [3.05, 3.63) is 0 Å². The lowest BCUT2D eigenvalue weighted by atomic mass is 9.91. The van der Waals surface area contributed by atoms with Crippen molar-refractivity contribution in [2.24, 2.45) is 29.1 Å². The number of amides is 1. The maximum absolute atomic E-state index is 12.2. The fraction of sp³-hybridized carbons (Fsp3) is 0.857. The van der Waals surface area contributed by atoms with Gasteiger partial charge in [-0.15, -0.1) is 0 Å². The van der Waals surface area contributed by atoms with Gasteiger partial charge in [-0.05, 0) is 43.9 Å². The second-order valence-electron chi connectivity index (χ2n) is 6.44. The highest BCUT2D eigenvalue weighted by molar-refractivity contribution is 5.84. The Morgan fingerprint density at radius 1 is 1.35 bits per heavy atom. The normalized spacial score (nSPS) is 36.8. The topological polar surface area (TPSA) is 44.1 Å². The molecule has 3 heteroatoms. The van der Waals surface area contributed by atoms with E-state index < -0.39 is 5.41 Å². The zero-order valence-corrected chi connectivity index (χ0v) is 11.2. The summed E-state index contributed by atoms with van der Waals surface area (Å²) in [5.41, 5.74) is -0.868. The van der Waals surface area contributed by atoms with E-state index in [1.165, 1.54) is 6.42 Å². The molecule has 2 rings (SSSR count). The molecule has 3 nitrogen and oxygen atoms in total. The molecule has 17 heavy (non-hydrogen) atoms. The quantitative estimate of drug-likeness (QED) is 0.698. The van der Waals surface area contributed by atoms with Crippen LogP contribution in [0.15, 0.2) is 0 Å². The Hall–Kier alpha value is -1.04. The van der Waals surface area contributed by atoms with E-state index in [1.54, 1.807) is 13.8 Å². The first-order valence-electron chi connectivity index (χ1n) is 6.57. The van der Waals surface area contributed by atoms with Crippen molar-refractivity contribution in [3.63, 3.8) is 0 Å². The van der Waals surface area contributed by atoms with Gasteiger partial charge in [0, 0.05) is 13.1 Å². The fourth-order valence-corrected chi connectivity index (χ4v) is 3.46. The molecule has 1 aliphatic carbocycles.